The number of aldehydes is 1. The molecule has 0 unspecified atom stereocenters. The quantitative estimate of drug-likeness (QED) is 0.532. The molecule has 0 aliphatic heterocycles. The van der Waals surface area contributed by atoms with E-state index >= 15 is 0 Å². The highest BCUT2D eigenvalue weighted by Gasteiger charge is 2.38. The number of carbonyl (C=O) groups excluding carboxylic acids is 1. The number of carbonyl (C=O) groups is 1. The molecule has 19 heavy (non-hydrogen) atoms. The van der Waals surface area contributed by atoms with E-state index in [9.17, 15) is 4.79 Å². The number of hydrogen-bond donors (Lipinski definition) is 0. The summed E-state index contributed by atoms with van der Waals surface area (Å²) in [5.74, 6) is 0. The van der Waals surface area contributed by atoms with Crippen LogP contribution in [-0.4, -0.2) is 11.0 Å². The maximum Gasteiger partial charge on any atom is 0.126 e. The van der Waals surface area contributed by atoms with Crippen LogP contribution >= 0.6 is 11.8 Å². The number of benzene rings is 1. The lowest BCUT2D eigenvalue weighted by Crippen LogP contribution is -2.37. The van der Waals surface area contributed by atoms with Gasteiger partial charge in [-0.2, -0.15) is 0 Å². The highest BCUT2D eigenvalue weighted by molar-refractivity contribution is 8.00. The fourth-order valence-electron chi connectivity index (χ4n) is 1.44. The van der Waals surface area contributed by atoms with Crippen molar-refractivity contribution in [2.24, 2.45) is 5.41 Å². The zero-order valence-electron chi connectivity index (χ0n) is 13.4. The topological polar surface area (TPSA) is 17.1 Å². The second-order valence-corrected chi connectivity index (χ2v) is 7.08. The molecule has 0 saturated carbocycles. The molecule has 0 aliphatic rings. The van der Waals surface area contributed by atoms with Crippen LogP contribution in [0.5, 0.6) is 0 Å². The molecule has 0 amide bonds. The van der Waals surface area contributed by atoms with Crippen LogP contribution in [0.2, 0.25) is 0 Å². The first-order valence-electron chi connectivity index (χ1n) is 7.07. The summed E-state index contributed by atoms with van der Waals surface area (Å²) >= 11 is 1.80. The Morgan fingerprint density at radius 2 is 1.63 bits per heavy atom. The van der Waals surface area contributed by atoms with Crippen molar-refractivity contribution in [3.63, 3.8) is 0 Å². The maximum absolute atomic E-state index is 11.2. The molecule has 0 N–H and O–H groups in total. The van der Waals surface area contributed by atoms with Gasteiger partial charge in [-0.15, -0.1) is 11.8 Å². The van der Waals surface area contributed by atoms with Crippen molar-refractivity contribution in [1.82, 2.24) is 0 Å². The fourth-order valence-corrected chi connectivity index (χ4v) is 2.79. The average Bonchev–Trinajstić information content (AvgIpc) is 2.41. The van der Waals surface area contributed by atoms with Crippen molar-refractivity contribution in [1.29, 1.82) is 0 Å². The number of rotatable bonds is 5. The predicted molar refractivity (Wildman–Crippen MR) is 86.9 cm³/mol. The predicted octanol–water partition coefficient (Wildman–Crippen LogP) is 5.37. The van der Waals surface area contributed by atoms with Gasteiger partial charge in [-0.05, 0) is 31.9 Å². The normalized spacial score (nSPS) is 11.5. The van der Waals surface area contributed by atoms with Crippen LogP contribution in [0.1, 0.15) is 54.0 Å². The molecule has 0 aromatic heterocycles. The minimum absolute atomic E-state index is 0.111. The van der Waals surface area contributed by atoms with Crippen LogP contribution in [0.25, 0.3) is 0 Å². The fraction of sp³-hybridized carbons (Fsp3) is 0.588. The standard InChI is InChI=1S/C15H22OS.C2H6/c1-6-12-9-7-8-10-13(12)17-15(4,5)14(2,3)11-16;1-2/h7-11H,6H2,1-5H3;1-2H3. The Bertz CT molecular complexity index is 394. The molecule has 0 spiro atoms. The third-order valence-corrected chi connectivity index (χ3v) is 5.22. The van der Waals surface area contributed by atoms with Crippen LogP contribution in [0.4, 0.5) is 0 Å². The third kappa shape index (κ3) is 4.68. The summed E-state index contributed by atoms with van der Waals surface area (Å²) in [5.41, 5.74) is 1.02. The van der Waals surface area contributed by atoms with E-state index in [0.29, 0.717) is 0 Å². The van der Waals surface area contributed by atoms with Gasteiger partial charge in [0.15, 0.2) is 0 Å². The third-order valence-electron chi connectivity index (χ3n) is 3.56. The number of hydrogen-bond acceptors (Lipinski definition) is 2. The van der Waals surface area contributed by atoms with E-state index in [2.05, 4.69) is 45.0 Å². The first-order chi connectivity index (χ1) is 8.84. The molecule has 0 heterocycles. The van der Waals surface area contributed by atoms with Gasteiger partial charge in [0.1, 0.15) is 6.29 Å². The minimum Gasteiger partial charge on any atom is -0.303 e. The molecule has 0 bridgehead atoms. The Labute approximate surface area is 123 Å². The lowest BCUT2D eigenvalue weighted by molar-refractivity contribution is -0.115. The summed E-state index contributed by atoms with van der Waals surface area (Å²) in [5, 5.41) is 0. The largest absolute Gasteiger partial charge is 0.303 e. The Kier molecular flexibility index (Phi) is 7.43. The maximum atomic E-state index is 11.2. The second-order valence-electron chi connectivity index (χ2n) is 5.41. The van der Waals surface area contributed by atoms with E-state index < -0.39 is 0 Å². The van der Waals surface area contributed by atoms with Gasteiger partial charge >= 0.3 is 0 Å². The van der Waals surface area contributed by atoms with E-state index in [1.165, 1.54) is 10.5 Å². The summed E-state index contributed by atoms with van der Waals surface area (Å²) in [6.45, 7) is 14.4. The van der Waals surface area contributed by atoms with Gasteiger partial charge in [-0.25, -0.2) is 0 Å². The summed E-state index contributed by atoms with van der Waals surface area (Å²) in [7, 11) is 0. The van der Waals surface area contributed by atoms with Gasteiger partial charge in [0.25, 0.3) is 0 Å². The molecule has 0 fully saturated rings. The molecule has 2 heteroatoms. The van der Waals surface area contributed by atoms with Gasteiger partial charge in [0.05, 0.1) is 0 Å². The SMILES string of the molecule is CC.CCc1ccccc1SC(C)(C)C(C)(C)C=O. The molecule has 108 valence electrons. The van der Waals surface area contributed by atoms with Crippen molar-refractivity contribution < 1.29 is 4.79 Å². The van der Waals surface area contributed by atoms with Crippen LogP contribution in [-0.2, 0) is 11.2 Å². The van der Waals surface area contributed by atoms with Crippen LogP contribution < -0.4 is 0 Å². The molecule has 1 rings (SSSR count). The van der Waals surface area contributed by atoms with E-state index in [1.807, 2.05) is 27.7 Å². The zero-order valence-corrected chi connectivity index (χ0v) is 14.2. The average molecular weight is 280 g/mol. The molecule has 1 nitrogen and oxygen atoms in total. The van der Waals surface area contributed by atoms with Gasteiger partial charge < -0.3 is 4.79 Å². The first-order valence-corrected chi connectivity index (χ1v) is 7.89. The monoisotopic (exact) mass is 280 g/mol. The molecular weight excluding hydrogens is 252 g/mol. The molecule has 0 radical (unpaired) electrons. The molecule has 0 saturated heterocycles. The highest BCUT2D eigenvalue weighted by atomic mass is 32.2. The van der Waals surface area contributed by atoms with Crippen LogP contribution in [0.3, 0.4) is 0 Å². The number of thioether (sulfide) groups is 1. The van der Waals surface area contributed by atoms with Crippen molar-refractivity contribution in [3.8, 4) is 0 Å². The Hall–Kier alpha value is -0.760. The Balaban J connectivity index is 0.00000154. The Morgan fingerprint density at radius 3 is 2.11 bits per heavy atom. The molecular formula is C17H28OS. The van der Waals surface area contributed by atoms with E-state index in [4.69, 9.17) is 0 Å². The molecule has 0 atom stereocenters. The summed E-state index contributed by atoms with van der Waals surface area (Å²) < 4.78 is -0.111. The molecule has 1 aromatic rings. The van der Waals surface area contributed by atoms with Crippen molar-refractivity contribution in [2.45, 2.75) is 64.5 Å². The van der Waals surface area contributed by atoms with E-state index in [1.54, 1.807) is 11.8 Å². The van der Waals surface area contributed by atoms with Gasteiger partial charge in [-0.3, -0.25) is 0 Å². The van der Waals surface area contributed by atoms with Crippen molar-refractivity contribution in [2.75, 3.05) is 0 Å². The van der Waals surface area contributed by atoms with Crippen LogP contribution in [0, 0.1) is 5.41 Å². The molecule has 1 aromatic carbocycles. The van der Waals surface area contributed by atoms with E-state index in [0.717, 1.165) is 12.7 Å². The highest BCUT2D eigenvalue weighted by Crippen LogP contribution is 2.45. The van der Waals surface area contributed by atoms with E-state index in [-0.39, 0.29) is 10.2 Å². The van der Waals surface area contributed by atoms with Crippen molar-refractivity contribution in [3.05, 3.63) is 29.8 Å². The Morgan fingerprint density at radius 1 is 1.11 bits per heavy atom. The minimum atomic E-state index is -0.335. The second kappa shape index (κ2) is 7.74. The smallest absolute Gasteiger partial charge is 0.126 e. The first kappa shape index (κ1) is 18.2. The van der Waals surface area contributed by atoms with Crippen LogP contribution in [0.15, 0.2) is 29.2 Å². The van der Waals surface area contributed by atoms with Gasteiger partial charge in [0.2, 0.25) is 0 Å². The van der Waals surface area contributed by atoms with Gasteiger partial charge in [-0.1, -0.05) is 52.8 Å². The number of aryl methyl sites for hydroxylation is 1. The summed E-state index contributed by atoms with van der Waals surface area (Å²) in [6.07, 6.45) is 2.09. The summed E-state index contributed by atoms with van der Waals surface area (Å²) in [4.78, 5) is 12.5. The lowest BCUT2D eigenvalue weighted by Gasteiger charge is -2.37. The zero-order chi connectivity index (χ0) is 15.1. The molecule has 0 aliphatic carbocycles. The lowest BCUT2D eigenvalue weighted by atomic mass is 9.82. The summed E-state index contributed by atoms with van der Waals surface area (Å²) in [6, 6.07) is 8.44. The van der Waals surface area contributed by atoms with Gasteiger partial charge in [0, 0.05) is 15.1 Å². The van der Waals surface area contributed by atoms with Crippen molar-refractivity contribution >= 4 is 18.0 Å².